The summed E-state index contributed by atoms with van der Waals surface area (Å²) in [5, 5.41) is 14.0. The molecule has 7 heteroatoms. The van der Waals surface area contributed by atoms with Crippen LogP contribution in [0.15, 0.2) is 23.4 Å². The summed E-state index contributed by atoms with van der Waals surface area (Å²) in [5.74, 6) is -0.0522. The Morgan fingerprint density at radius 2 is 2.37 bits per heavy atom. The van der Waals surface area contributed by atoms with E-state index in [9.17, 15) is 9.18 Å². The highest BCUT2D eigenvalue weighted by atomic mass is 32.2. The molecule has 0 spiro atoms. The molecule has 1 aromatic carbocycles. The van der Waals surface area contributed by atoms with E-state index in [0.717, 1.165) is 18.6 Å². The van der Waals surface area contributed by atoms with Crippen LogP contribution in [-0.2, 0) is 4.79 Å². The lowest BCUT2D eigenvalue weighted by atomic mass is 10.1. The van der Waals surface area contributed by atoms with Crippen LogP contribution in [0.4, 0.5) is 10.1 Å². The molecule has 4 N–H and O–H groups in total. The minimum atomic E-state index is -0.608. The third kappa shape index (κ3) is 3.17. The number of hydrogen-bond acceptors (Lipinski definition) is 4. The molecular weight excluding hydrogens is 269 g/mol. The lowest BCUT2D eigenvalue weighted by Gasteiger charge is -2.11. The van der Waals surface area contributed by atoms with Gasteiger partial charge in [-0.1, -0.05) is 5.16 Å². The molecule has 19 heavy (non-hydrogen) atoms. The minimum Gasteiger partial charge on any atom is -0.409 e. The van der Waals surface area contributed by atoms with Gasteiger partial charge in [-0.05, 0) is 36.8 Å². The minimum absolute atomic E-state index is 0.0422. The van der Waals surface area contributed by atoms with Crippen LogP contribution in [-0.4, -0.2) is 28.0 Å². The van der Waals surface area contributed by atoms with Crippen molar-refractivity contribution in [3.8, 4) is 0 Å². The van der Waals surface area contributed by atoms with E-state index in [4.69, 9.17) is 10.9 Å². The van der Waals surface area contributed by atoms with Gasteiger partial charge in [0.05, 0.1) is 10.8 Å². The second-order valence-corrected chi connectivity index (χ2v) is 5.48. The molecule has 5 nitrogen and oxygen atoms in total. The van der Waals surface area contributed by atoms with Gasteiger partial charge >= 0.3 is 0 Å². The first-order valence-electron chi connectivity index (χ1n) is 5.81. The number of amidine groups is 1. The van der Waals surface area contributed by atoms with Gasteiger partial charge in [0.1, 0.15) is 5.82 Å². The third-order valence-corrected chi connectivity index (χ3v) is 4.22. The first-order chi connectivity index (χ1) is 9.11. The van der Waals surface area contributed by atoms with Crippen LogP contribution in [0.1, 0.15) is 18.4 Å². The molecule has 1 aliphatic heterocycles. The van der Waals surface area contributed by atoms with Crippen LogP contribution in [0.5, 0.6) is 0 Å². The Bertz CT molecular complexity index is 516. The number of rotatable bonds is 3. The maximum Gasteiger partial charge on any atom is 0.237 e. The number of nitrogens with one attached hydrogen (secondary N) is 1. The van der Waals surface area contributed by atoms with Gasteiger partial charge in [0.25, 0.3) is 0 Å². The van der Waals surface area contributed by atoms with Gasteiger partial charge in [0.2, 0.25) is 5.91 Å². The Hall–Kier alpha value is -1.76. The van der Waals surface area contributed by atoms with Crippen LogP contribution in [0.25, 0.3) is 0 Å². The van der Waals surface area contributed by atoms with Crippen molar-refractivity contribution in [1.82, 2.24) is 0 Å². The molecule has 1 fully saturated rings. The fourth-order valence-electron chi connectivity index (χ4n) is 1.86. The molecular formula is C12H14FN3O2S. The van der Waals surface area contributed by atoms with Crippen LogP contribution < -0.4 is 11.1 Å². The van der Waals surface area contributed by atoms with E-state index in [1.807, 2.05) is 0 Å². The van der Waals surface area contributed by atoms with E-state index in [0.29, 0.717) is 5.69 Å². The van der Waals surface area contributed by atoms with E-state index in [2.05, 4.69) is 10.5 Å². The molecule has 1 aliphatic rings. The molecule has 1 atom stereocenters. The molecule has 0 bridgehead atoms. The maximum atomic E-state index is 13.5. The summed E-state index contributed by atoms with van der Waals surface area (Å²) in [5.41, 5.74) is 5.75. The lowest BCUT2D eigenvalue weighted by Crippen LogP contribution is -2.23. The number of amides is 1. The SMILES string of the molecule is NC(=NO)c1cc(NC(=O)C2CCCS2)ccc1F. The Kier molecular flexibility index (Phi) is 4.26. The molecule has 1 aromatic rings. The number of nitrogens with two attached hydrogens (primary N) is 1. The molecule has 1 heterocycles. The Labute approximate surface area is 114 Å². The summed E-state index contributed by atoms with van der Waals surface area (Å²) >= 11 is 1.61. The van der Waals surface area contributed by atoms with E-state index < -0.39 is 5.82 Å². The summed E-state index contributed by atoms with van der Waals surface area (Å²) in [4.78, 5) is 11.9. The molecule has 2 rings (SSSR count). The number of halogens is 1. The van der Waals surface area contributed by atoms with Crippen molar-refractivity contribution in [3.05, 3.63) is 29.6 Å². The molecule has 0 radical (unpaired) electrons. The summed E-state index contributed by atoms with van der Waals surface area (Å²) in [6.45, 7) is 0. The zero-order valence-corrected chi connectivity index (χ0v) is 10.9. The molecule has 1 saturated heterocycles. The third-order valence-electron chi connectivity index (χ3n) is 2.84. The van der Waals surface area contributed by atoms with Crippen molar-refractivity contribution in [1.29, 1.82) is 0 Å². The molecule has 102 valence electrons. The lowest BCUT2D eigenvalue weighted by molar-refractivity contribution is -0.115. The van der Waals surface area contributed by atoms with Gasteiger partial charge in [-0.2, -0.15) is 0 Å². The van der Waals surface area contributed by atoms with E-state index in [-0.39, 0.29) is 22.6 Å². The summed E-state index contributed by atoms with van der Waals surface area (Å²) in [6, 6.07) is 3.97. The highest BCUT2D eigenvalue weighted by Gasteiger charge is 2.23. The van der Waals surface area contributed by atoms with Gasteiger partial charge < -0.3 is 16.3 Å². The standard InChI is InChI=1S/C12H14FN3O2S/c13-9-4-3-7(6-8(9)11(14)16-18)15-12(17)10-2-1-5-19-10/h3-4,6,10,18H,1-2,5H2,(H2,14,16)(H,15,17). The number of oxime groups is 1. The second-order valence-electron chi connectivity index (χ2n) is 4.17. The maximum absolute atomic E-state index is 13.5. The quantitative estimate of drug-likeness (QED) is 0.341. The van der Waals surface area contributed by atoms with Crippen LogP contribution in [0.3, 0.4) is 0 Å². The number of anilines is 1. The Morgan fingerprint density at radius 1 is 1.58 bits per heavy atom. The number of carbonyl (C=O) groups excluding carboxylic acids is 1. The number of thioether (sulfide) groups is 1. The van der Waals surface area contributed by atoms with Gasteiger partial charge in [-0.3, -0.25) is 4.79 Å². The van der Waals surface area contributed by atoms with E-state index >= 15 is 0 Å². The monoisotopic (exact) mass is 283 g/mol. The number of benzene rings is 1. The average Bonchev–Trinajstić information content (AvgIpc) is 2.94. The van der Waals surface area contributed by atoms with Gasteiger partial charge in [-0.25, -0.2) is 4.39 Å². The van der Waals surface area contributed by atoms with Crippen molar-refractivity contribution in [2.24, 2.45) is 10.9 Å². The Balaban J connectivity index is 2.14. The zero-order chi connectivity index (χ0) is 13.8. The largest absolute Gasteiger partial charge is 0.409 e. The van der Waals surface area contributed by atoms with Gasteiger partial charge in [0, 0.05) is 5.69 Å². The van der Waals surface area contributed by atoms with Crippen molar-refractivity contribution in [2.45, 2.75) is 18.1 Å². The van der Waals surface area contributed by atoms with Crippen molar-refractivity contribution in [2.75, 3.05) is 11.1 Å². The highest BCUT2D eigenvalue weighted by molar-refractivity contribution is 8.00. The zero-order valence-electron chi connectivity index (χ0n) is 10.1. The summed E-state index contributed by atoms with van der Waals surface area (Å²) in [7, 11) is 0. The van der Waals surface area contributed by atoms with Crippen molar-refractivity contribution in [3.63, 3.8) is 0 Å². The predicted octanol–water partition coefficient (Wildman–Crippen LogP) is 1.75. The molecule has 0 aromatic heterocycles. The average molecular weight is 283 g/mol. The van der Waals surface area contributed by atoms with Gasteiger partial charge in [-0.15, -0.1) is 11.8 Å². The fraction of sp³-hybridized carbons (Fsp3) is 0.333. The van der Waals surface area contributed by atoms with Gasteiger partial charge in [0.15, 0.2) is 5.84 Å². The molecule has 1 amide bonds. The summed E-state index contributed by atoms with van der Waals surface area (Å²) in [6.07, 6.45) is 1.88. The number of hydrogen-bond donors (Lipinski definition) is 3. The Morgan fingerprint density at radius 3 is 3.00 bits per heavy atom. The second kappa shape index (κ2) is 5.92. The van der Waals surface area contributed by atoms with Crippen LogP contribution in [0, 0.1) is 5.82 Å². The van der Waals surface area contributed by atoms with Crippen LogP contribution >= 0.6 is 11.8 Å². The van der Waals surface area contributed by atoms with Crippen molar-refractivity contribution < 1.29 is 14.4 Å². The fourth-order valence-corrected chi connectivity index (χ4v) is 3.02. The normalized spacial score (nSPS) is 19.4. The molecule has 0 aliphatic carbocycles. The first kappa shape index (κ1) is 13.7. The van der Waals surface area contributed by atoms with Crippen LogP contribution in [0.2, 0.25) is 0 Å². The molecule has 1 unspecified atom stereocenters. The first-order valence-corrected chi connectivity index (χ1v) is 6.86. The van der Waals surface area contributed by atoms with E-state index in [1.165, 1.54) is 18.2 Å². The number of carbonyl (C=O) groups is 1. The topological polar surface area (TPSA) is 87.7 Å². The number of nitrogens with zero attached hydrogens (tertiary/aromatic N) is 1. The predicted molar refractivity (Wildman–Crippen MR) is 73.0 cm³/mol. The molecule has 0 saturated carbocycles. The smallest absolute Gasteiger partial charge is 0.237 e. The van der Waals surface area contributed by atoms with E-state index in [1.54, 1.807) is 11.8 Å². The highest BCUT2D eigenvalue weighted by Crippen LogP contribution is 2.27. The van der Waals surface area contributed by atoms with Crippen molar-refractivity contribution >= 4 is 29.2 Å². The summed E-state index contributed by atoms with van der Waals surface area (Å²) < 4.78 is 13.5.